The Kier molecular flexibility index (Phi) is 8.00. The lowest BCUT2D eigenvalue weighted by molar-refractivity contribution is -0.115. The summed E-state index contributed by atoms with van der Waals surface area (Å²) < 4.78 is 0.0352. The van der Waals surface area contributed by atoms with Crippen molar-refractivity contribution in [2.24, 2.45) is 0 Å². The molecule has 0 heterocycles. The Morgan fingerprint density at radius 2 is 2.07 bits per heavy atom. The van der Waals surface area contributed by atoms with Gasteiger partial charge in [-0.25, -0.2) is 0 Å². The van der Waals surface area contributed by atoms with Crippen molar-refractivity contribution >= 4 is 31.7 Å². The smallest absolute Gasteiger partial charge is 0.213 e. The van der Waals surface area contributed by atoms with Gasteiger partial charge in [-0.05, 0) is 31.8 Å². The standard InChI is InChI=1S/C10H19NO2S2/c1-8(11(2)7-13)9(5-6-12)3-4-10(14)15/h7,10,12,14-15H,3-6H2,1-2H3. The molecule has 0 aliphatic carbocycles. The zero-order valence-corrected chi connectivity index (χ0v) is 11.0. The van der Waals surface area contributed by atoms with E-state index in [0.717, 1.165) is 30.5 Å². The van der Waals surface area contributed by atoms with Crippen molar-refractivity contribution in [2.45, 2.75) is 30.8 Å². The van der Waals surface area contributed by atoms with Crippen LogP contribution in [-0.4, -0.2) is 34.7 Å². The van der Waals surface area contributed by atoms with Gasteiger partial charge in [0, 0.05) is 23.9 Å². The van der Waals surface area contributed by atoms with E-state index in [4.69, 9.17) is 5.11 Å². The van der Waals surface area contributed by atoms with Gasteiger partial charge in [0.2, 0.25) is 6.41 Å². The molecule has 3 nitrogen and oxygen atoms in total. The molecule has 0 atom stereocenters. The number of hydrogen-bond acceptors (Lipinski definition) is 4. The summed E-state index contributed by atoms with van der Waals surface area (Å²) in [5, 5.41) is 8.93. The van der Waals surface area contributed by atoms with E-state index in [1.54, 1.807) is 7.05 Å². The first-order chi connectivity index (χ1) is 7.02. The number of carbonyl (C=O) groups is 1. The third-order valence-corrected chi connectivity index (χ3v) is 2.83. The molecular weight excluding hydrogens is 230 g/mol. The first kappa shape index (κ1) is 14.9. The molecule has 0 saturated heterocycles. The van der Waals surface area contributed by atoms with Gasteiger partial charge in [0.05, 0.1) is 0 Å². The second kappa shape index (κ2) is 8.07. The summed E-state index contributed by atoms with van der Waals surface area (Å²) in [6.07, 6.45) is 3.00. The monoisotopic (exact) mass is 249 g/mol. The van der Waals surface area contributed by atoms with Gasteiger partial charge in [0.1, 0.15) is 0 Å². The molecule has 0 aromatic carbocycles. The Hall–Kier alpha value is -0.130. The zero-order valence-electron chi connectivity index (χ0n) is 9.18. The molecule has 0 spiro atoms. The van der Waals surface area contributed by atoms with Crippen molar-refractivity contribution in [3.8, 4) is 0 Å². The summed E-state index contributed by atoms with van der Waals surface area (Å²) in [6.45, 7) is 1.98. The molecule has 0 aromatic heterocycles. The highest BCUT2D eigenvalue weighted by atomic mass is 32.2. The van der Waals surface area contributed by atoms with Crippen molar-refractivity contribution in [1.29, 1.82) is 0 Å². The lowest BCUT2D eigenvalue weighted by Gasteiger charge is -2.17. The van der Waals surface area contributed by atoms with Crippen LogP contribution in [0.4, 0.5) is 0 Å². The highest BCUT2D eigenvalue weighted by Crippen LogP contribution is 2.20. The maximum atomic E-state index is 10.6. The van der Waals surface area contributed by atoms with Crippen LogP contribution in [0.15, 0.2) is 11.3 Å². The van der Waals surface area contributed by atoms with Gasteiger partial charge in [0.15, 0.2) is 0 Å². The quantitative estimate of drug-likeness (QED) is 0.365. The summed E-state index contributed by atoms with van der Waals surface area (Å²) >= 11 is 8.36. The maximum Gasteiger partial charge on any atom is 0.213 e. The Morgan fingerprint density at radius 3 is 2.47 bits per heavy atom. The second-order valence-corrected chi connectivity index (χ2v) is 5.05. The van der Waals surface area contributed by atoms with Gasteiger partial charge >= 0.3 is 0 Å². The topological polar surface area (TPSA) is 40.5 Å². The fourth-order valence-corrected chi connectivity index (χ4v) is 1.51. The number of hydrogen-bond donors (Lipinski definition) is 3. The van der Waals surface area contributed by atoms with Crippen LogP contribution in [0.25, 0.3) is 0 Å². The largest absolute Gasteiger partial charge is 0.396 e. The molecule has 0 aliphatic heterocycles. The van der Waals surface area contributed by atoms with E-state index in [2.05, 4.69) is 25.3 Å². The predicted molar refractivity (Wildman–Crippen MR) is 69.2 cm³/mol. The van der Waals surface area contributed by atoms with Crippen molar-refractivity contribution in [2.75, 3.05) is 13.7 Å². The van der Waals surface area contributed by atoms with Gasteiger partial charge < -0.3 is 10.0 Å². The lowest BCUT2D eigenvalue weighted by Crippen LogP contribution is -2.15. The molecule has 0 aliphatic rings. The Morgan fingerprint density at radius 1 is 1.47 bits per heavy atom. The maximum absolute atomic E-state index is 10.6. The van der Waals surface area contributed by atoms with Crippen LogP contribution in [0.1, 0.15) is 26.2 Å². The zero-order chi connectivity index (χ0) is 11.8. The minimum Gasteiger partial charge on any atom is -0.396 e. The molecule has 0 saturated carbocycles. The molecule has 1 amide bonds. The molecule has 0 bridgehead atoms. The van der Waals surface area contributed by atoms with E-state index in [1.165, 1.54) is 4.90 Å². The average Bonchev–Trinajstić information content (AvgIpc) is 2.21. The Bertz CT molecular complexity index is 229. The Balaban J connectivity index is 4.53. The van der Waals surface area contributed by atoms with Crippen LogP contribution in [0, 0.1) is 0 Å². The van der Waals surface area contributed by atoms with Crippen LogP contribution in [-0.2, 0) is 4.79 Å². The van der Waals surface area contributed by atoms with E-state index in [1.807, 2.05) is 6.92 Å². The fourth-order valence-electron chi connectivity index (χ4n) is 1.25. The predicted octanol–water partition coefficient (Wildman–Crippen LogP) is 1.70. The second-order valence-electron chi connectivity index (χ2n) is 3.40. The molecule has 0 radical (unpaired) electrons. The van der Waals surface area contributed by atoms with Crippen molar-refractivity contribution < 1.29 is 9.90 Å². The van der Waals surface area contributed by atoms with Gasteiger partial charge in [-0.1, -0.05) is 0 Å². The molecule has 0 aromatic rings. The number of rotatable bonds is 7. The van der Waals surface area contributed by atoms with E-state index in [0.29, 0.717) is 6.42 Å². The van der Waals surface area contributed by atoms with Crippen LogP contribution in [0.2, 0.25) is 0 Å². The Labute approximate surface area is 102 Å². The molecule has 15 heavy (non-hydrogen) atoms. The average molecular weight is 249 g/mol. The van der Waals surface area contributed by atoms with Gasteiger partial charge in [-0.3, -0.25) is 4.79 Å². The number of allylic oxidation sites excluding steroid dienone is 1. The van der Waals surface area contributed by atoms with E-state index < -0.39 is 0 Å². The molecule has 0 unspecified atom stereocenters. The van der Waals surface area contributed by atoms with E-state index in [9.17, 15) is 4.79 Å². The molecule has 5 heteroatoms. The molecule has 88 valence electrons. The van der Waals surface area contributed by atoms with Gasteiger partial charge in [-0.2, -0.15) is 25.3 Å². The SMILES string of the molecule is CC(=C(CCO)CCC(S)S)N(C)C=O. The number of carbonyl (C=O) groups excluding carboxylic acids is 1. The van der Waals surface area contributed by atoms with Crippen molar-refractivity contribution in [3.63, 3.8) is 0 Å². The number of aliphatic hydroxyl groups is 1. The molecular formula is C10H19NO2S2. The number of nitrogens with zero attached hydrogens (tertiary/aromatic N) is 1. The van der Waals surface area contributed by atoms with Gasteiger partial charge in [-0.15, -0.1) is 0 Å². The molecule has 0 rings (SSSR count). The van der Waals surface area contributed by atoms with Crippen LogP contribution >= 0.6 is 25.3 Å². The molecule has 0 fully saturated rings. The summed E-state index contributed by atoms with van der Waals surface area (Å²) in [4.78, 5) is 12.1. The van der Waals surface area contributed by atoms with Crippen molar-refractivity contribution in [3.05, 3.63) is 11.3 Å². The number of amides is 1. The summed E-state index contributed by atoms with van der Waals surface area (Å²) in [6, 6.07) is 0. The number of aliphatic hydroxyl groups excluding tert-OH is 1. The summed E-state index contributed by atoms with van der Waals surface area (Å²) in [5.74, 6) is 0. The summed E-state index contributed by atoms with van der Waals surface area (Å²) in [5.41, 5.74) is 1.99. The lowest BCUT2D eigenvalue weighted by atomic mass is 10.1. The first-order valence-corrected chi connectivity index (χ1v) is 5.90. The number of thiol groups is 2. The highest BCUT2D eigenvalue weighted by Gasteiger charge is 2.07. The highest BCUT2D eigenvalue weighted by molar-refractivity contribution is 7.99. The summed E-state index contributed by atoms with van der Waals surface area (Å²) in [7, 11) is 1.71. The van der Waals surface area contributed by atoms with Crippen molar-refractivity contribution in [1.82, 2.24) is 4.90 Å². The normalized spacial score (nSPS) is 12.7. The third-order valence-electron chi connectivity index (χ3n) is 2.32. The van der Waals surface area contributed by atoms with Crippen LogP contribution < -0.4 is 0 Å². The minimum absolute atomic E-state index is 0.0352. The minimum atomic E-state index is 0.0352. The third kappa shape index (κ3) is 6.12. The van der Waals surface area contributed by atoms with E-state index in [-0.39, 0.29) is 11.2 Å². The first-order valence-electron chi connectivity index (χ1n) is 4.86. The van der Waals surface area contributed by atoms with Crippen LogP contribution in [0.5, 0.6) is 0 Å². The van der Waals surface area contributed by atoms with Gasteiger partial charge in [0.25, 0.3) is 0 Å². The van der Waals surface area contributed by atoms with E-state index >= 15 is 0 Å². The van der Waals surface area contributed by atoms with Crippen LogP contribution in [0.3, 0.4) is 0 Å². The molecule has 1 N–H and O–H groups in total. The fraction of sp³-hybridized carbons (Fsp3) is 0.700.